The molecule has 154 valence electrons. The molecule has 0 aliphatic carbocycles. The van der Waals surface area contributed by atoms with E-state index in [4.69, 9.17) is 14.2 Å². The van der Waals surface area contributed by atoms with Crippen LogP contribution in [0.5, 0.6) is 11.5 Å². The van der Waals surface area contributed by atoms with Crippen molar-refractivity contribution in [2.24, 2.45) is 0 Å². The Hall–Kier alpha value is -2.70. The molecule has 9 heteroatoms. The predicted molar refractivity (Wildman–Crippen MR) is 107 cm³/mol. The van der Waals surface area contributed by atoms with Gasteiger partial charge in [0.1, 0.15) is 0 Å². The van der Waals surface area contributed by atoms with Crippen LogP contribution in [-0.2, 0) is 14.3 Å². The van der Waals surface area contributed by atoms with Crippen LogP contribution in [0.25, 0.3) is 0 Å². The third-order valence-electron chi connectivity index (χ3n) is 4.82. The first kappa shape index (κ1) is 21.0. The van der Waals surface area contributed by atoms with Crippen molar-refractivity contribution >= 4 is 23.6 Å². The molecule has 3 rings (SSSR count). The molecule has 0 N–H and O–H groups in total. The smallest absolute Gasteiger partial charge is 0.320 e. The van der Waals surface area contributed by atoms with E-state index in [-0.39, 0.29) is 37.4 Å². The molecule has 8 nitrogen and oxygen atoms in total. The van der Waals surface area contributed by atoms with Crippen molar-refractivity contribution in [3.8, 4) is 17.6 Å². The Kier molecular flexibility index (Phi) is 6.67. The molecule has 1 aromatic rings. The number of nitrogens with zero attached hydrogens (tertiary/aromatic N) is 3. The Labute approximate surface area is 174 Å². The largest absolute Gasteiger partial charge is 0.493 e. The van der Waals surface area contributed by atoms with Crippen molar-refractivity contribution in [1.82, 2.24) is 9.80 Å². The van der Waals surface area contributed by atoms with Gasteiger partial charge in [-0.2, -0.15) is 5.26 Å². The van der Waals surface area contributed by atoms with E-state index in [1.807, 2.05) is 17.0 Å². The van der Waals surface area contributed by atoms with Crippen LogP contribution in [0.2, 0.25) is 0 Å². The number of methoxy groups -OCH3 is 2. The number of thioether (sulfide) groups is 1. The van der Waals surface area contributed by atoms with Crippen molar-refractivity contribution in [3.63, 3.8) is 0 Å². The highest BCUT2D eigenvalue weighted by Gasteiger charge is 2.38. The SMILES string of the molecule is CCOC(=O)CN1CSC2=C(C#N)[C@H](c3ccc(OC)c(OC)c3)CC(=O)N2C1. The Morgan fingerprint density at radius 1 is 1.31 bits per heavy atom. The molecule has 29 heavy (non-hydrogen) atoms. The van der Waals surface area contributed by atoms with Gasteiger partial charge in [-0.3, -0.25) is 19.4 Å². The minimum Gasteiger partial charge on any atom is -0.493 e. The molecule has 1 atom stereocenters. The number of hydrogen-bond acceptors (Lipinski definition) is 8. The fourth-order valence-electron chi connectivity index (χ4n) is 3.45. The van der Waals surface area contributed by atoms with Crippen molar-refractivity contribution < 1.29 is 23.8 Å². The first-order chi connectivity index (χ1) is 14.0. The van der Waals surface area contributed by atoms with E-state index in [0.29, 0.717) is 34.6 Å². The fraction of sp³-hybridized carbons (Fsp3) is 0.450. The number of ether oxygens (including phenoxy) is 3. The van der Waals surface area contributed by atoms with Crippen LogP contribution in [0.15, 0.2) is 28.8 Å². The quantitative estimate of drug-likeness (QED) is 0.651. The second-order valence-electron chi connectivity index (χ2n) is 6.57. The Morgan fingerprint density at radius 2 is 2.07 bits per heavy atom. The lowest BCUT2D eigenvalue weighted by Gasteiger charge is -2.40. The molecule has 1 saturated heterocycles. The predicted octanol–water partition coefficient (Wildman–Crippen LogP) is 2.28. The van der Waals surface area contributed by atoms with Crippen LogP contribution in [0, 0.1) is 11.3 Å². The molecule has 0 radical (unpaired) electrons. The van der Waals surface area contributed by atoms with Crippen LogP contribution >= 0.6 is 11.8 Å². The van der Waals surface area contributed by atoms with Gasteiger partial charge in [-0.05, 0) is 24.6 Å². The standard InChI is InChI=1S/C20H23N3O5S/c1-4-28-19(25)10-22-11-23-18(24)8-14(15(9-21)20(23)29-12-22)13-5-6-16(26-2)17(7-13)27-3/h5-7,14H,4,8,10-12H2,1-3H3/t14-/m0/s1. The van der Waals surface area contributed by atoms with E-state index in [9.17, 15) is 14.9 Å². The molecule has 2 aliphatic rings. The summed E-state index contributed by atoms with van der Waals surface area (Å²) in [6, 6.07) is 7.74. The number of rotatable bonds is 6. The first-order valence-corrected chi connectivity index (χ1v) is 10.2. The van der Waals surface area contributed by atoms with Gasteiger partial charge in [0.15, 0.2) is 11.5 Å². The number of benzene rings is 1. The zero-order valence-electron chi connectivity index (χ0n) is 16.6. The van der Waals surface area contributed by atoms with Gasteiger partial charge in [0.2, 0.25) is 5.91 Å². The van der Waals surface area contributed by atoms with Crippen LogP contribution in [0.3, 0.4) is 0 Å². The third kappa shape index (κ3) is 4.33. The van der Waals surface area contributed by atoms with Gasteiger partial charge in [0.05, 0.1) is 56.6 Å². The van der Waals surface area contributed by atoms with Gasteiger partial charge in [-0.25, -0.2) is 0 Å². The number of hydrogen-bond donors (Lipinski definition) is 0. The second kappa shape index (κ2) is 9.20. The van der Waals surface area contributed by atoms with E-state index in [1.54, 1.807) is 32.1 Å². The lowest BCUT2D eigenvalue weighted by atomic mass is 9.86. The Bertz CT molecular complexity index is 879. The van der Waals surface area contributed by atoms with Gasteiger partial charge >= 0.3 is 5.97 Å². The van der Waals surface area contributed by atoms with Crippen LogP contribution in [0.1, 0.15) is 24.8 Å². The molecule has 2 aliphatic heterocycles. The minimum absolute atomic E-state index is 0.0835. The number of nitriles is 1. The highest BCUT2D eigenvalue weighted by Crippen LogP contribution is 2.43. The van der Waals surface area contributed by atoms with E-state index in [2.05, 4.69) is 6.07 Å². The molecule has 1 aromatic carbocycles. The molecule has 0 unspecified atom stereocenters. The summed E-state index contributed by atoms with van der Waals surface area (Å²) in [5, 5.41) is 10.5. The van der Waals surface area contributed by atoms with E-state index in [1.165, 1.54) is 11.8 Å². The highest BCUT2D eigenvalue weighted by atomic mass is 32.2. The van der Waals surface area contributed by atoms with Gasteiger partial charge in [-0.1, -0.05) is 17.8 Å². The highest BCUT2D eigenvalue weighted by molar-refractivity contribution is 8.03. The molecule has 1 amide bonds. The lowest BCUT2D eigenvalue weighted by molar-refractivity contribution is -0.146. The second-order valence-corrected chi connectivity index (χ2v) is 7.51. The van der Waals surface area contributed by atoms with E-state index in [0.717, 1.165) is 5.56 Å². The summed E-state index contributed by atoms with van der Waals surface area (Å²) in [5.74, 6) is 0.894. The van der Waals surface area contributed by atoms with Crippen molar-refractivity contribution in [3.05, 3.63) is 34.4 Å². The molecule has 0 spiro atoms. The summed E-state index contributed by atoms with van der Waals surface area (Å²) in [6.45, 7) is 2.45. The minimum atomic E-state index is -0.345. The van der Waals surface area contributed by atoms with Crippen LogP contribution in [0.4, 0.5) is 0 Å². The van der Waals surface area contributed by atoms with Crippen LogP contribution in [-0.4, -0.2) is 61.6 Å². The summed E-state index contributed by atoms with van der Waals surface area (Å²) in [4.78, 5) is 28.1. The summed E-state index contributed by atoms with van der Waals surface area (Å²) in [6.07, 6.45) is 0.176. The average Bonchev–Trinajstić information content (AvgIpc) is 2.73. The van der Waals surface area contributed by atoms with Crippen molar-refractivity contribution in [2.75, 3.05) is 39.9 Å². The molecule has 0 aromatic heterocycles. The lowest BCUT2D eigenvalue weighted by Crippen LogP contribution is -2.48. The average molecular weight is 417 g/mol. The van der Waals surface area contributed by atoms with Gasteiger partial charge in [0.25, 0.3) is 0 Å². The Morgan fingerprint density at radius 3 is 2.72 bits per heavy atom. The number of carbonyl (C=O) groups excluding carboxylic acids is 2. The van der Waals surface area contributed by atoms with Crippen molar-refractivity contribution in [1.29, 1.82) is 5.26 Å². The fourth-order valence-corrected chi connectivity index (χ4v) is 4.59. The van der Waals surface area contributed by atoms with Crippen molar-refractivity contribution in [2.45, 2.75) is 19.3 Å². The van der Waals surface area contributed by atoms with E-state index < -0.39 is 0 Å². The maximum atomic E-state index is 12.9. The molecular formula is C20H23N3O5S. The molecule has 0 saturated carbocycles. The topological polar surface area (TPSA) is 92.1 Å². The molecule has 2 heterocycles. The molecule has 0 bridgehead atoms. The van der Waals surface area contributed by atoms with Gasteiger partial charge < -0.3 is 14.2 Å². The number of fused-ring (bicyclic) bond motifs is 1. The molecular weight excluding hydrogens is 394 g/mol. The Balaban J connectivity index is 1.87. The number of amides is 1. The maximum absolute atomic E-state index is 12.9. The zero-order chi connectivity index (χ0) is 21.0. The summed E-state index contributed by atoms with van der Waals surface area (Å²) in [5.41, 5.74) is 1.38. The normalized spacial score (nSPS) is 19.4. The summed E-state index contributed by atoms with van der Waals surface area (Å²) in [7, 11) is 3.11. The number of carbonyl (C=O) groups is 2. The first-order valence-electron chi connectivity index (χ1n) is 9.19. The summed E-state index contributed by atoms with van der Waals surface area (Å²) < 4.78 is 15.6. The third-order valence-corrected chi connectivity index (χ3v) is 6.03. The van der Waals surface area contributed by atoms with Gasteiger partial charge in [0, 0.05) is 12.3 Å². The maximum Gasteiger partial charge on any atom is 0.320 e. The summed E-state index contributed by atoms with van der Waals surface area (Å²) >= 11 is 1.39. The van der Waals surface area contributed by atoms with Gasteiger partial charge in [-0.15, -0.1) is 0 Å². The zero-order valence-corrected chi connectivity index (χ0v) is 17.5. The molecule has 1 fully saturated rings. The van der Waals surface area contributed by atoms with Crippen LogP contribution < -0.4 is 9.47 Å². The number of allylic oxidation sites excluding steroid dienone is 1. The monoisotopic (exact) mass is 417 g/mol. The number of esters is 1. The van der Waals surface area contributed by atoms with E-state index >= 15 is 0 Å².